The second kappa shape index (κ2) is 6.82. The van der Waals surface area contributed by atoms with Gasteiger partial charge in [0.05, 0.1) is 12.7 Å². The maximum absolute atomic E-state index is 12.9. The fraction of sp³-hybridized carbons (Fsp3) is 0.0370. The number of allylic oxidation sites excluding steroid dienone is 1. The molecule has 2 aromatic heterocycles. The van der Waals surface area contributed by atoms with E-state index in [1.54, 1.807) is 31.4 Å². The van der Waals surface area contributed by atoms with Crippen LogP contribution in [-0.4, -0.2) is 18.7 Å². The maximum atomic E-state index is 12.9. The Morgan fingerprint density at radius 1 is 0.750 bits per heavy atom. The molecule has 1 aliphatic rings. The minimum atomic E-state index is -0.289. The Bertz CT molecular complexity index is 1490. The highest BCUT2D eigenvalue weighted by Gasteiger charge is 2.33. The SMILES string of the molecule is COc1ccc(-c2cc3oc(C=C4C(=O)c5cc6ccccc6cc5C4=O)cc3o2)cc1. The summed E-state index contributed by atoms with van der Waals surface area (Å²) in [6.45, 7) is 0. The highest BCUT2D eigenvalue weighted by atomic mass is 16.5. The second-order valence-electron chi connectivity index (χ2n) is 7.68. The van der Waals surface area contributed by atoms with Crippen molar-refractivity contribution < 1.29 is 23.2 Å². The largest absolute Gasteiger partial charge is 0.497 e. The molecule has 32 heavy (non-hydrogen) atoms. The third-order valence-electron chi connectivity index (χ3n) is 5.75. The first-order valence-electron chi connectivity index (χ1n) is 10.1. The molecule has 5 heteroatoms. The lowest BCUT2D eigenvalue weighted by atomic mass is 10.0. The van der Waals surface area contributed by atoms with Gasteiger partial charge in [0.1, 0.15) is 17.3 Å². The third-order valence-corrected chi connectivity index (χ3v) is 5.75. The number of benzene rings is 3. The summed E-state index contributed by atoms with van der Waals surface area (Å²) in [6.07, 6.45) is 1.50. The van der Waals surface area contributed by atoms with Gasteiger partial charge < -0.3 is 13.6 Å². The van der Waals surface area contributed by atoms with Crippen LogP contribution in [0.25, 0.3) is 39.3 Å². The van der Waals surface area contributed by atoms with Crippen molar-refractivity contribution in [3.05, 3.63) is 95.3 Å². The van der Waals surface area contributed by atoms with Crippen molar-refractivity contribution in [3.8, 4) is 17.1 Å². The quantitative estimate of drug-likeness (QED) is 0.252. The first-order valence-corrected chi connectivity index (χ1v) is 10.1. The lowest BCUT2D eigenvalue weighted by Gasteiger charge is -2.00. The monoisotopic (exact) mass is 420 g/mol. The second-order valence-corrected chi connectivity index (χ2v) is 7.68. The molecule has 0 N–H and O–H groups in total. The van der Waals surface area contributed by atoms with Gasteiger partial charge >= 0.3 is 0 Å². The number of hydrogen-bond donors (Lipinski definition) is 0. The van der Waals surface area contributed by atoms with Gasteiger partial charge in [-0.25, -0.2) is 0 Å². The summed E-state index contributed by atoms with van der Waals surface area (Å²) in [5.41, 5.74) is 2.93. The smallest absolute Gasteiger partial charge is 0.197 e. The summed E-state index contributed by atoms with van der Waals surface area (Å²) in [4.78, 5) is 25.9. The lowest BCUT2D eigenvalue weighted by molar-refractivity contribution is 0.0990. The Morgan fingerprint density at radius 2 is 1.38 bits per heavy atom. The molecule has 0 unspecified atom stereocenters. The summed E-state index contributed by atoms with van der Waals surface area (Å²) in [5.74, 6) is 1.24. The van der Waals surface area contributed by atoms with Gasteiger partial charge in [-0.05, 0) is 53.2 Å². The highest BCUT2D eigenvalue weighted by molar-refractivity contribution is 6.42. The normalized spacial score (nSPS) is 13.2. The van der Waals surface area contributed by atoms with Crippen molar-refractivity contribution in [2.24, 2.45) is 0 Å². The van der Waals surface area contributed by atoms with E-state index >= 15 is 0 Å². The fourth-order valence-corrected chi connectivity index (χ4v) is 4.11. The van der Waals surface area contributed by atoms with Crippen LogP contribution in [0.5, 0.6) is 5.75 Å². The molecule has 3 aromatic carbocycles. The maximum Gasteiger partial charge on any atom is 0.197 e. The molecule has 0 bridgehead atoms. The standard InChI is InChI=1S/C27H16O5/c1-30-18-8-6-15(7-9-18)23-14-25-24(32-23)13-19(31-25)12-22-26(28)20-10-16-4-2-3-5-17(16)11-21(20)27(22)29/h2-14H,1H3. The van der Waals surface area contributed by atoms with Crippen molar-refractivity contribution >= 4 is 39.6 Å². The Kier molecular flexibility index (Phi) is 3.92. The average molecular weight is 420 g/mol. The summed E-state index contributed by atoms with van der Waals surface area (Å²) in [5, 5.41) is 1.85. The van der Waals surface area contributed by atoms with E-state index in [2.05, 4.69) is 0 Å². The molecule has 0 spiro atoms. The van der Waals surface area contributed by atoms with Gasteiger partial charge in [0.25, 0.3) is 0 Å². The van der Waals surface area contributed by atoms with Gasteiger partial charge in [-0.3, -0.25) is 9.59 Å². The molecule has 0 saturated heterocycles. The van der Waals surface area contributed by atoms with Gasteiger partial charge in [-0.1, -0.05) is 24.3 Å². The molecule has 0 radical (unpaired) electrons. The van der Waals surface area contributed by atoms with E-state index in [0.29, 0.717) is 33.8 Å². The molecule has 5 aromatic rings. The summed E-state index contributed by atoms with van der Waals surface area (Å²) in [7, 11) is 1.62. The number of furan rings is 2. The van der Waals surface area contributed by atoms with Crippen LogP contribution in [0.1, 0.15) is 26.5 Å². The first kappa shape index (κ1) is 18.4. The average Bonchev–Trinajstić information content (AvgIpc) is 3.45. The van der Waals surface area contributed by atoms with Crippen molar-refractivity contribution in [1.29, 1.82) is 0 Å². The van der Waals surface area contributed by atoms with Crippen LogP contribution >= 0.6 is 0 Å². The zero-order valence-corrected chi connectivity index (χ0v) is 17.0. The van der Waals surface area contributed by atoms with Crippen molar-refractivity contribution in [1.82, 2.24) is 0 Å². The summed E-state index contributed by atoms with van der Waals surface area (Å²) >= 11 is 0. The predicted molar refractivity (Wildman–Crippen MR) is 121 cm³/mol. The van der Waals surface area contributed by atoms with E-state index in [9.17, 15) is 9.59 Å². The molecule has 0 fully saturated rings. The molecule has 154 valence electrons. The zero-order chi connectivity index (χ0) is 21.8. The lowest BCUT2D eigenvalue weighted by Crippen LogP contribution is -1.99. The molecule has 0 saturated carbocycles. The van der Waals surface area contributed by atoms with Gasteiger partial charge in [-0.15, -0.1) is 0 Å². The van der Waals surface area contributed by atoms with Crippen molar-refractivity contribution in [3.63, 3.8) is 0 Å². The van der Waals surface area contributed by atoms with Crippen LogP contribution in [0.3, 0.4) is 0 Å². The molecule has 0 atom stereocenters. The highest BCUT2D eigenvalue weighted by Crippen LogP contribution is 2.34. The van der Waals surface area contributed by atoms with Crippen LogP contribution in [0.4, 0.5) is 0 Å². The van der Waals surface area contributed by atoms with E-state index in [1.165, 1.54) is 6.08 Å². The van der Waals surface area contributed by atoms with Gasteiger partial charge in [-0.2, -0.15) is 0 Å². The summed E-state index contributed by atoms with van der Waals surface area (Å²) < 4.78 is 16.9. The van der Waals surface area contributed by atoms with E-state index in [-0.39, 0.29) is 17.1 Å². The molecule has 1 aliphatic carbocycles. The molecule has 5 nitrogen and oxygen atoms in total. The van der Waals surface area contributed by atoms with E-state index in [1.807, 2.05) is 48.5 Å². The predicted octanol–water partition coefficient (Wildman–Crippen LogP) is 6.32. The van der Waals surface area contributed by atoms with Crippen molar-refractivity contribution in [2.45, 2.75) is 0 Å². The van der Waals surface area contributed by atoms with Gasteiger partial charge in [0.15, 0.2) is 22.7 Å². The summed E-state index contributed by atoms with van der Waals surface area (Å²) in [6, 6.07) is 22.2. The van der Waals surface area contributed by atoms with Crippen LogP contribution in [0.15, 0.2) is 87.2 Å². The van der Waals surface area contributed by atoms with Gasteiger partial charge in [0.2, 0.25) is 0 Å². The van der Waals surface area contributed by atoms with Crippen LogP contribution in [-0.2, 0) is 0 Å². The van der Waals surface area contributed by atoms with E-state index < -0.39 is 0 Å². The Labute approximate surface area is 182 Å². The Balaban J connectivity index is 1.35. The van der Waals surface area contributed by atoms with Crippen molar-refractivity contribution in [2.75, 3.05) is 7.11 Å². The molecular weight excluding hydrogens is 404 g/mol. The molecule has 0 amide bonds. The number of methoxy groups -OCH3 is 1. The number of hydrogen-bond acceptors (Lipinski definition) is 5. The number of fused-ring (bicyclic) bond motifs is 3. The Hall–Kier alpha value is -4.38. The number of ketones is 2. The van der Waals surface area contributed by atoms with Crippen LogP contribution in [0, 0.1) is 0 Å². The molecule has 2 heterocycles. The molecule has 6 rings (SSSR count). The number of Topliss-reactive ketones (excluding diaryl/α,β-unsaturated/α-hetero) is 2. The number of ether oxygens (including phenoxy) is 1. The number of carbonyl (C=O) groups is 2. The fourth-order valence-electron chi connectivity index (χ4n) is 4.11. The van der Waals surface area contributed by atoms with Gasteiger partial charge in [0, 0.05) is 28.8 Å². The minimum absolute atomic E-state index is 0.0992. The molecule has 0 aliphatic heterocycles. The minimum Gasteiger partial charge on any atom is -0.497 e. The first-order chi connectivity index (χ1) is 15.6. The number of rotatable bonds is 3. The van der Waals surface area contributed by atoms with E-state index in [4.69, 9.17) is 13.6 Å². The molecular formula is C27H16O5. The van der Waals surface area contributed by atoms with E-state index in [0.717, 1.165) is 22.1 Å². The Morgan fingerprint density at radius 3 is 1.97 bits per heavy atom. The third kappa shape index (κ3) is 2.79. The van der Waals surface area contributed by atoms with Crippen LogP contribution in [0.2, 0.25) is 0 Å². The van der Waals surface area contributed by atoms with Crippen LogP contribution < -0.4 is 4.74 Å². The number of carbonyl (C=O) groups excluding carboxylic acids is 2. The zero-order valence-electron chi connectivity index (χ0n) is 17.0. The topological polar surface area (TPSA) is 69.7 Å².